The molecule has 2 fully saturated rings. The van der Waals surface area contributed by atoms with Crippen LogP contribution in [0.1, 0.15) is 47.9 Å². The molecular formula is C17H20FN5O. The van der Waals surface area contributed by atoms with Crippen LogP contribution in [0, 0.1) is 11.7 Å². The number of hydrogen-bond donors (Lipinski definition) is 0. The van der Waals surface area contributed by atoms with Gasteiger partial charge in [0.15, 0.2) is 11.6 Å². The first-order valence-electron chi connectivity index (χ1n) is 8.49. The van der Waals surface area contributed by atoms with E-state index in [-0.39, 0.29) is 17.5 Å². The minimum Gasteiger partial charge on any atom is -0.295 e. The largest absolute Gasteiger partial charge is 0.295 e. The Balaban J connectivity index is 1.42. The maximum absolute atomic E-state index is 13.0. The van der Waals surface area contributed by atoms with Crippen LogP contribution in [0.2, 0.25) is 0 Å². The monoisotopic (exact) mass is 329 g/mol. The Kier molecular flexibility index (Phi) is 4.10. The standard InChI is InChI=1S/C17H20FN5O/c18-14-5-3-12(4-6-14)17(24)13-2-1-9-22(10-13)11-16-19-20-21-23(16)15-7-8-15/h3-6,13,15H,1-2,7-11H2/t13-/m0/s1. The average Bonchev–Trinajstić information content (AvgIpc) is 3.35. The summed E-state index contributed by atoms with van der Waals surface area (Å²) in [5.41, 5.74) is 0.589. The van der Waals surface area contributed by atoms with Crippen molar-refractivity contribution in [2.45, 2.75) is 38.3 Å². The molecule has 0 radical (unpaired) electrons. The van der Waals surface area contributed by atoms with Crippen LogP contribution in [0.5, 0.6) is 0 Å². The van der Waals surface area contributed by atoms with Crippen LogP contribution >= 0.6 is 0 Å². The van der Waals surface area contributed by atoms with Gasteiger partial charge in [-0.1, -0.05) is 0 Å². The lowest BCUT2D eigenvalue weighted by Crippen LogP contribution is -2.38. The number of carbonyl (C=O) groups excluding carboxylic acids is 1. The molecule has 1 aliphatic carbocycles. The number of carbonyl (C=O) groups is 1. The normalized spacial score (nSPS) is 21.8. The van der Waals surface area contributed by atoms with Gasteiger partial charge < -0.3 is 0 Å². The molecule has 0 N–H and O–H groups in total. The molecule has 1 saturated carbocycles. The third kappa shape index (κ3) is 3.21. The fraction of sp³-hybridized carbons (Fsp3) is 0.529. The van der Waals surface area contributed by atoms with E-state index in [1.807, 2.05) is 4.68 Å². The number of halogens is 1. The van der Waals surface area contributed by atoms with Gasteiger partial charge in [-0.05, 0) is 66.9 Å². The zero-order chi connectivity index (χ0) is 16.5. The summed E-state index contributed by atoms with van der Waals surface area (Å²) in [7, 11) is 0. The average molecular weight is 329 g/mol. The maximum atomic E-state index is 13.0. The SMILES string of the molecule is O=C(c1ccc(F)cc1)[C@H]1CCCN(Cc2nnnn2C2CC2)C1. The molecule has 1 atom stereocenters. The number of ketones is 1. The van der Waals surface area contributed by atoms with E-state index in [0.29, 0.717) is 24.7 Å². The third-order valence-electron chi connectivity index (χ3n) is 4.82. The molecule has 7 heteroatoms. The van der Waals surface area contributed by atoms with Gasteiger partial charge in [0.25, 0.3) is 0 Å². The number of benzene rings is 1. The molecule has 126 valence electrons. The van der Waals surface area contributed by atoms with E-state index in [4.69, 9.17) is 0 Å². The minimum absolute atomic E-state index is 0.0468. The van der Waals surface area contributed by atoms with Crippen LogP contribution in [0.15, 0.2) is 24.3 Å². The molecule has 1 saturated heterocycles. The van der Waals surface area contributed by atoms with Gasteiger partial charge in [0.1, 0.15) is 5.82 Å². The van der Waals surface area contributed by atoms with Crippen molar-refractivity contribution in [3.05, 3.63) is 41.5 Å². The first-order valence-corrected chi connectivity index (χ1v) is 8.49. The Bertz CT molecular complexity index is 725. The summed E-state index contributed by atoms with van der Waals surface area (Å²) in [4.78, 5) is 14.9. The number of piperidine rings is 1. The summed E-state index contributed by atoms with van der Waals surface area (Å²) in [6.07, 6.45) is 4.14. The van der Waals surface area contributed by atoms with Crippen molar-refractivity contribution >= 4 is 5.78 Å². The lowest BCUT2D eigenvalue weighted by atomic mass is 9.90. The first kappa shape index (κ1) is 15.4. The maximum Gasteiger partial charge on any atom is 0.167 e. The van der Waals surface area contributed by atoms with E-state index < -0.39 is 0 Å². The molecule has 0 amide bonds. The highest BCUT2D eigenvalue weighted by molar-refractivity contribution is 5.98. The van der Waals surface area contributed by atoms with Crippen molar-refractivity contribution in [1.29, 1.82) is 0 Å². The van der Waals surface area contributed by atoms with Crippen molar-refractivity contribution < 1.29 is 9.18 Å². The van der Waals surface area contributed by atoms with E-state index >= 15 is 0 Å². The topological polar surface area (TPSA) is 63.9 Å². The van der Waals surface area contributed by atoms with Crippen LogP contribution in [0.3, 0.4) is 0 Å². The number of Topliss-reactive ketones (excluding diaryl/α,β-unsaturated/α-hetero) is 1. The number of rotatable bonds is 5. The van der Waals surface area contributed by atoms with Crippen LogP contribution < -0.4 is 0 Å². The van der Waals surface area contributed by atoms with Gasteiger partial charge in [-0.3, -0.25) is 9.69 Å². The van der Waals surface area contributed by atoms with Gasteiger partial charge in [-0.15, -0.1) is 5.10 Å². The molecule has 1 aromatic heterocycles. The fourth-order valence-corrected chi connectivity index (χ4v) is 3.38. The number of aromatic nitrogens is 4. The second-order valence-corrected chi connectivity index (χ2v) is 6.72. The van der Waals surface area contributed by atoms with E-state index in [2.05, 4.69) is 20.4 Å². The molecule has 6 nitrogen and oxygen atoms in total. The summed E-state index contributed by atoms with van der Waals surface area (Å²) in [6.45, 7) is 2.33. The molecule has 0 spiro atoms. The smallest absolute Gasteiger partial charge is 0.167 e. The summed E-state index contributed by atoms with van der Waals surface area (Å²) in [5, 5.41) is 12.0. The van der Waals surface area contributed by atoms with E-state index in [0.717, 1.165) is 38.1 Å². The van der Waals surface area contributed by atoms with Crippen molar-refractivity contribution in [1.82, 2.24) is 25.1 Å². The van der Waals surface area contributed by atoms with Crippen LogP contribution in [0.25, 0.3) is 0 Å². The zero-order valence-corrected chi connectivity index (χ0v) is 13.4. The van der Waals surface area contributed by atoms with Crippen LogP contribution in [-0.2, 0) is 6.54 Å². The molecule has 24 heavy (non-hydrogen) atoms. The lowest BCUT2D eigenvalue weighted by molar-refractivity contribution is 0.0806. The van der Waals surface area contributed by atoms with Gasteiger partial charge in [0.05, 0.1) is 12.6 Å². The third-order valence-corrected chi connectivity index (χ3v) is 4.82. The van der Waals surface area contributed by atoms with E-state index in [1.54, 1.807) is 12.1 Å². The van der Waals surface area contributed by atoms with E-state index in [9.17, 15) is 9.18 Å². The first-order chi connectivity index (χ1) is 11.7. The number of nitrogens with zero attached hydrogens (tertiary/aromatic N) is 5. The predicted molar refractivity (Wildman–Crippen MR) is 84.8 cm³/mol. The lowest BCUT2D eigenvalue weighted by Gasteiger charge is -2.31. The van der Waals surface area contributed by atoms with E-state index in [1.165, 1.54) is 12.1 Å². The highest BCUT2D eigenvalue weighted by Gasteiger charge is 2.30. The minimum atomic E-state index is -0.316. The fourth-order valence-electron chi connectivity index (χ4n) is 3.38. The Morgan fingerprint density at radius 3 is 2.75 bits per heavy atom. The second-order valence-electron chi connectivity index (χ2n) is 6.72. The highest BCUT2D eigenvalue weighted by atomic mass is 19.1. The Morgan fingerprint density at radius 2 is 2.00 bits per heavy atom. The summed E-state index contributed by atoms with van der Waals surface area (Å²) in [6, 6.07) is 6.29. The molecule has 0 bridgehead atoms. The molecule has 2 heterocycles. The Hall–Kier alpha value is -2.15. The Morgan fingerprint density at radius 1 is 1.21 bits per heavy atom. The van der Waals surface area contributed by atoms with Gasteiger partial charge in [-0.2, -0.15) is 0 Å². The van der Waals surface area contributed by atoms with Crippen molar-refractivity contribution in [2.75, 3.05) is 13.1 Å². The Labute approximate surface area is 139 Å². The summed E-state index contributed by atoms with van der Waals surface area (Å²) >= 11 is 0. The predicted octanol–water partition coefficient (Wildman–Crippen LogP) is 2.24. The highest BCUT2D eigenvalue weighted by Crippen LogP contribution is 2.34. The van der Waals surface area contributed by atoms with Crippen LogP contribution in [-0.4, -0.2) is 44.0 Å². The van der Waals surface area contributed by atoms with Gasteiger partial charge in [-0.25, -0.2) is 9.07 Å². The molecule has 1 aromatic carbocycles. The quantitative estimate of drug-likeness (QED) is 0.787. The number of tetrazole rings is 1. The second kappa shape index (κ2) is 6.39. The molecule has 2 aromatic rings. The molecule has 1 aliphatic heterocycles. The number of hydrogen-bond acceptors (Lipinski definition) is 5. The van der Waals surface area contributed by atoms with Gasteiger partial charge >= 0.3 is 0 Å². The molecular weight excluding hydrogens is 309 g/mol. The van der Waals surface area contributed by atoms with Crippen molar-refractivity contribution in [3.63, 3.8) is 0 Å². The molecule has 0 unspecified atom stereocenters. The van der Waals surface area contributed by atoms with Crippen LogP contribution in [0.4, 0.5) is 4.39 Å². The molecule has 4 rings (SSSR count). The van der Waals surface area contributed by atoms with Gasteiger partial charge in [0, 0.05) is 18.0 Å². The van der Waals surface area contributed by atoms with Crippen molar-refractivity contribution in [2.24, 2.45) is 5.92 Å². The number of likely N-dealkylation sites (tertiary alicyclic amines) is 1. The molecule has 2 aliphatic rings. The van der Waals surface area contributed by atoms with Crippen molar-refractivity contribution in [3.8, 4) is 0 Å². The zero-order valence-electron chi connectivity index (χ0n) is 13.4. The van der Waals surface area contributed by atoms with Gasteiger partial charge in [0.2, 0.25) is 0 Å². The summed E-state index contributed by atoms with van der Waals surface area (Å²) in [5.74, 6) is 0.618. The summed E-state index contributed by atoms with van der Waals surface area (Å²) < 4.78 is 15.0.